The largest absolute Gasteiger partial charge is 0.451 e. The first-order chi connectivity index (χ1) is 4.16. The van der Waals surface area contributed by atoms with Gasteiger partial charge in [-0.1, -0.05) is 13.8 Å². The van der Waals surface area contributed by atoms with Crippen molar-refractivity contribution in [3.05, 3.63) is 11.8 Å². The van der Waals surface area contributed by atoms with Gasteiger partial charge in [0, 0.05) is 0 Å². The molecule has 0 amide bonds. The van der Waals surface area contributed by atoms with Crippen molar-refractivity contribution in [1.82, 2.24) is 0 Å². The van der Waals surface area contributed by atoms with Crippen LogP contribution >= 0.6 is 0 Å². The van der Waals surface area contributed by atoms with E-state index in [1.807, 2.05) is 13.0 Å². The van der Waals surface area contributed by atoms with E-state index in [9.17, 15) is 0 Å². The number of nitrogens with one attached hydrogen (secondary N) is 1. The quantitative estimate of drug-likeness (QED) is 0.352. The van der Waals surface area contributed by atoms with Crippen LogP contribution in [-0.4, -0.2) is 6.40 Å². The number of hydrogen-bond donors (Lipinski definition) is 1. The Kier molecular flexibility index (Phi) is 3.76. The van der Waals surface area contributed by atoms with Crippen LogP contribution in [0.4, 0.5) is 0 Å². The van der Waals surface area contributed by atoms with Gasteiger partial charge in [-0.3, -0.25) is 5.41 Å². The van der Waals surface area contributed by atoms with E-state index in [2.05, 4.69) is 13.8 Å². The molecular formula is C7H13NO. The van der Waals surface area contributed by atoms with E-state index >= 15 is 0 Å². The summed E-state index contributed by atoms with van der Waals surface area (Å²) in [5, 5.41) is 6.59. The topological polar surface area (TPSA) is 33.1 Å². The van der Waals surface area contributed by atoms with E-state index in [1.54, 1.807) is 0 Å². The van der Waals surface area contributed by atoms with Crippen molar-refractivity contribution in [3.8, 4) is 0 Å². The molecule has 0 aromatic carbocycles. The third kappa shape index (κ3) is 5.07. The first-order valence-electron chi connectivity index (χ1n) is 3.01. The Balaban J connectivity index is 3.68. The Hall–Kier alpha value is -0.790. The lowest BCUT2D eigenvalue weighted by atomic mass is 10.2. The smallest absolute Gasteiger partial charge is 0.173 e. The molecule has 0 atom stereocenters. The van der Waals surface area contributed by atoms with E-state index in [0.29, 0.717) is 5.92 Å². The molecule has 9 heavy (non-hydrogen) atoms. The van der Waals surface area contributed by atoms with Gasteiger partial charge in [-0.25, -0.2) is 0 Å². The summed E-state index contributed by atoms with van der Waals surface area (Å²) in [4.78, 5) is 0. The van der Waals surface area contributed by atoms with Gasteiger partial charge in [-0.15, -0.1) is 0 Å². The lowest BCUT2D eigenvalue weighted by Gasteiger charge is -1.99. The van der Waals surface area contributed by atoms with E-state index in [1.165, 1.54) is 0 Å². The Bertz CT molecular complexity index is 116. The van der Waals surface area contributed by atoms with Crippen LogP contribution in [0.1, 0.15) is 20.8 Å². The third-order valence-electron chi connectivity index (χ3n) is 0.813. The van der Waals surface area contributed by atoms with Crippen molar-refractivity contribution in [3.63, 3.8) is 0 Å². The second-order valence-electron chi connectivity index (χ2n) is 2.26. The van der Waals surface area contributed by atoms with Crippen molar-refractivity contribution < 1.29 is 4.74 Å². The number of allylic oxidation sites excluding steroid dienone is 2. The molecule has 0 radical (unpaired) electrons. The molecule has 0 fully saturated rings. The molecule has 0 saturated carbocycles. The van der Waals surface area contributed by atoms with Crippen LogP contribution in [0.2, 0.25) is 0 Å². The van der Waals surface area contributed by atoms with E-state index < -0.39 is 0 Å². The van der Waals surface area contributed by atoms with Crippen LogP contribution in [0.15, 0.2) is 11.8 Å². The molecule has 0 aromatic rings. The standard InChI is InChI=1S/C7H13NO/c1-6(2)4-7(3)9-5-8/h4-6,8H,1-3H3/b7-4-,8-5?. The normalized spacial score (nSPS) is 11.8. The minimum absolute atomic E-state index is 0.491. The summed E-state index contributed by atoms with van der Waals surface area (Å²) < 4.78 is 4.76. The maximum atomic E-state index is 6.59. The fourth-order valence-electron chi connectivity index (χ4n) is 0.602. The zero-order chi connectivity index (χ0) is 7.28. The lowest BCUT2D eigenvalue weighted by Crippen LogP contribution is -1.87. The van der Waals surface area contributed by atoms with Crippen LogP contribution in [-0.2, 0) is 4.74 Å². The van der Waals surface area contributed by atoms with Gasteiger partial charge < -0.3 is 4.74 Å². The first-order valence-corrected chi connectivity index (χ1v) is 3.01. The van der Waals surface area contributed by atoms with Crippen LogP contribution in [0, 0.1) is 11.3 Å². The molecular weight excluding hydrogens is 114 g/mol. The van der Waals surface area contributed by atoms with Gasteiger partial charge in [-0.2, -0.15) is 0 Å². The van der Waals surface area contributed by atoms with Crippen LogP contribution in [0.25, 0.3) is 0 Å². The lowest BCUT2D eigenvalue weighted by molar-refractivity contribution is 0.426. The predicted octanol–water partition coefficient (Wildman–Crippen LogP) is 2.17. The molecule has 0 aliphatic heterocycles. The molecule has 0 aromatic heterocycles. The minimum Gasteiger partial charge on any atom is -0.451 e. The van der Waals surface area contributed by atoms with E-state index in [4.69, 9.17) is 10.1 Å². The summed E-state index contributed by atoms with van der Waals surface area (Å²) in [7, 11) is 0. The van der Waals surface area contributed by atoms with Gasteiger partial charge in [0.05, 0.1) is 5.76 Å². The summed E-state index contributed by atoms with van der Waals surface area (Å²) in [5.74, 6) is 1.28. The average molecular weight is 127 g/mol. The monoisotopic (exact) mass is 127 g/mol. The molecule has 0 saturated heterocycles. The molecule has 52 valence electrons. The molecule has 0 rings (SSSR count). The zero-order valence-corrected chi connectivity index (χ0v) is 6.14. The highest BCUT2D eigenvalue weighted by Crippen LogP contribution is 2.00. The third-order valence-corrected chi connectivity index (χ3v) is 0.813. The van der Waals surface area contributed by atoms with E-state index in [-0.39, 0.29) is 0 Å². The number of hydrogen-bond acceptors (Lipinski definition) is 2. The summed E-state index contributed by atoms with van der Waals surface area (Å²) >= 11 is 0. The molecule has 0 aliphatic rings. The fraction of sp³-hybridized carbons (Fsp3) is 0.571. The zero-order valence-electron chi connectivity index (χ0n) is 6.14. The van der Waals surface area contributed by atoms with Crippen molar-refractivity contribution in [1.29, 1.82) is 5.41 Å². The van der Waals surface area contributed by atoms with E-state index in [0.717, 1.165) is 12.2 Å². The molecule has 0 bridgehead atoms. The average Bonchev–Trinajstić information content (AvgIpc) is 1.63. The highest BCUT2D eigenvalue weighted by atomic mass is 16.5. The number of rotatable bonds is 3. The second kappa shape index (κ2) is 4.13. The van der Waals surface area contributed by atoms with Gasteiger partial charge in [0.1, 0.15) is 0 Å². The van der Waals surface area contributed by atoms with Crippen molar-refractivity contribution >= 4 is 6.40 Å². The first kappa shape index (κ1) is 8.21. The van der Waals surface area contributed by atoms with Crippen molar-refractivity contribution in [2.75, 3.05) is 0 Å². The molecule has 0 spiro atoms. The van der Waals surface area contributed by atoms with Crippen molar-refractivity contribution in [2.24, 2.45) is 5.92 Å². The SMILES string of the molecule is C/C(=C/C(C)C)OC=N. The van der Waals surface area contributed by atoms with Gasteiger partial charge in [0.25, 0.3) is 0 Å². The predicted molar refractivity (Wildman–Crippen MR) is 38.5 cm³/mol. The molecule has 0 aliphatic carbocycles. The number of ether oxygens (including phenoxy) is 1. The molecule has 1 N–H and O–H groups in total. The Labute approximate surface area is 56.0 Å². The van der Waals surface area contributed by atoms with Crippen molar-refractivity contribution in [2.45, 2.75) is 20.8 Å². The second-order valence-corrected chi connectivity index (χ2v) is 2.26. The summed E-state index contributed by atoms with van der Waals surface area (Å²) in [5.41, 5.74) is 0. The summed E-state index contributed by atoms with van der Waals surface area (Å²) in [6, 6.07) is 0. The van der Waals surface area contributed by atoms with Gasteiger partial charge >= 0.3 is 0 Å². The van der Waals surface area contributed by atoms with Crippen LogP contribution in [0.5, 0.6) is 0 Å². The molecule has 0 unspecified atom stereocenters. The maximum absolute atomic E-state index is 6.59. The van der Waals surface area contributed by atoms with Gasteiger partial charge in [0.15, 0.2) is 6.40 Å². The fourth-order valence-corrected chi connectivity index (χ4v) is 0.602. The Morgan fingerprint density at radius 2 is 2.11 bits per heavy atom. The summed E-state index contributed by atoms with van der Waals surface area (Å²) in [6.07, 6.45) is 2.90. The van der Waals surface area contributed by atoms with Gasteiger partial charge in [-0.05, 0) is 18.9 Å². The Morgan fingerprint density at radius 1 is 1.56 bits per heavy atom. The molecule has 2 nitrogen and oxygen atoms in total. The molecule has 0 heterocycles. The highest BCUT2D eigenvalue weighted by molar-refractivity contribution is 5.43. The van der Waals surface area contributed by atoms with Crippen LogP contribution in [0.3, 0.4) is 0 Å². The minimum atomic E-state index is 0.491. The summed E-state index contributed by atoms with van der Waals surface area (Å²) in [6.45, 7) is 5.97. The molecule has 2 heteroatoms. The maximum Gasteiger partial charge on any atom is 0.173 e. The highest BCUT2D eigenvalue weighted by Gasteiger charge is 1.88. The Morgan fingerprint density at radius 3 is 2.44 bits per heavy atom. The van der Waals surface area contributed by atoms with Gasteiger partial charge in [0.2, 0.25) is 0 Å². The van der Waals surface area contributed by atoms with Crippen LogP contribution < -0.4 is 0 Å².